The summed E-state index contributed by atoms with van der Waals surface area (Å²) < 4.78 is 1.39. The fourth-order valence-corrected chi connectivity index (χ4v) is 0.952. The molecule has 0 aromatic carbocycles. The van der Waals surface area contributed by atoms with Crippen LogP contribution in [-0.4, -0.2) is 14.4 Å². The third-order valence-electron chi connectivity index (χ3n) is 1.42. The van der Waals surface area contributed by atoms with Crippen LogP contribution in [0, 0.1) is 0 Å². The molecular weight excluding hydrogens is 144 g/mol. The van der Waals surface area contributed by atoms with Gasteiger partial charge in [-0.1, -0.05) is 0 Å². The van der Waals surface area contributed by atoms with Crippen LogP contribution in [0.25, 0.3) is 5.65 Å². The molecule has 0 unspecified atom stereocenters. The monoisotopic (exact) mass is 150 g/mol. The van der Waals surface area contributed by atoms with Crippen LogP contribution in [0.5, 0.6) is 0 Å². The number of aromatic nitrogens is 3. The number of H-pyrrole nitrogens is 1. The molecule has 0 aliphatic carbocycles. The fourth-order valence-electron chi connectivity index (χ4n) is 0.952. The van der Waals surface area contributed by atoms with Crippen LogP contribution in [0.2, 0.25) is 0 Å². The van der Waals surface area contributed by atoms with Gasteiger partial charge < -0.3 is 5.73 Å². The van der Waals surface area contributed by atoms with Crippen molar-refractivity contribution in [1.29, 1.82) is 0 Å². The van der Waals surface area contributed by atoms with E-state index in [-0.39, 0.29) is 5.69 Å². The second-order valence-electron chi connectivity index (χ2n) is 2.19. The van der Waals surface area contributed by atoms with E-state index in [1.807, 2.05) is 0 Å². The number of hydrogen-bond acceptors (Lipinski definition) is 3. The summed E-state index contributed by atoms with van der Waals surface area (Å²) in [5, 5.41) is 0. The lowest BCUT2D eigenvalue weighted by Gasteiger charge is -1.93. The van der Waals surface area contributed by atoms with Crippen LogP contribution in [-0.2, 0) is 0 Å². The first-order valence-electron chi connectivity index (χ1n) is 3.09. The smallest absolute Gasteiger partial charge is 0.332 e. The van der Waals surface area contributed by atoms with E-state index in [9.17, 15) is 4.79 Å². The maximum atomic E-state index is 11.0. The second-order valence-corrected chi connectivity index (χ2v) is 2.19. The van der Waals surface area contributed by atoms with Crippen LogP contribution in [0.4, 0.5) is 5.82 Å². The quantitative estimate of drug-likeness (QED) is 0.536. The number of rotatable bonds is 0. The molecule has 0 saturated heterocycles. The normalized spacial score (nSPS) is 10.5. The molecular formula is C6H6N4O. The summed E-state index contributed by atoms with van der Waals surface area (Å²) in [6, 6.07) is 1.60. The minimum Gasteiger partial charge on any atom is -0.385 e. The predicted molar refractivity (Wildman–Crippen MR) is 40.2 cm³/mol. The average molecular weight is 150 g/mol. The standard InChI is InChI=1S/C6H6N4O/c7-4-3-5-8-1-2-10(5)6(11)9-4/h1-3H,7H2,(H,9,11). The Hall–Kier alpha value is -1.78. The number of imidazole rings is 1. The number of nitrogen functional groups attached to an aromatic ring is 1. The molecule has 0 spiro atoms. The van der Waals surface area contributed by atoms with E-state index in [1.54, 1.807) is 18.5 Å². The lowest BCUT2D eigenvalue weighted by Crippen LogP contribution is -2.16. The van der Waals surface area contributed by atoms with Gasteiger partial charge in [0.15, 0.2) is 0 Å². The van der Waals surface area contributed by atoms with Gasteiger partial charge in [-0.3, -0.25) is 9.38 Å². The third kappa shape index (κ3) is 0.778. The lowest BCUT2D eigenvalue weighted by molar-refractivity contribution is 1.01. The fraction of sp³-hybridized carbons (Fsp3) is 0. The zero-order valence-corrected chi connectivity index (χ0v) is 5.61. The average Bonchev–Trinajstić information content (AvgIpc) is 2.34. The predicted octanol–water partition coefficient (Wildman–Crippen LogP) is -0.395. The Morgan fingerprint density at radius 2 is 2.45 bits per heavy atom. The van der Waals surface area contributed by atoms with E-state index >= 15 is 0 Å². The van der Waals surface area contributed by atoms with E-state index < -0.39 is 0 Å². The Kier molecular flexibility index (Phi) is 1.00. The number of nitrogens with one attached hydrogen (secondary N) is 1. The molecule has 2 aromatic rings. The highest BCUT2D eigenvalue weighted by molar-refractivity contribution is 5.46. The van der Waals surface area contributed by atoms with Crippen molar-refractivity contribution in [2.45, 2.75) is 0 Å². The molecule has 5 heteroatoms. The second kappa shape index (κ2) is 1.85. The van der Waals surface area contributed by atoms with Gasteiger partial charge in [0, 0.05) is 18.5 Å². The summed E-state index contributed by atoms with van der Waals surface area (Å²) in [6.07, 6.45) is 3.12. The molecule has 3 N–H and O–H groups in total. The first kappa shape index (κ1) is 5.96. The van der Waals surface area contributed by atoms with E-state index in [2.05, 4.69) is 9.97 Å². The van der Waals surface area contributed by atoms with Crippen molar-refractivity contribution in [2.24, 2.45) is 0 Å². The van der Waals surface area contributed by atoms with Gasteiger partial charge in [-0.25, -0.2) is 9.78 Å². The van der Waals surface area contributed by atoms with Crippen LogP contribution in [0.15, 0.2) is 23.3 Å². The molecule has 0 amide bonds. The minimum atomic E-state index is -0.266. The van der Waals surface area contributed by atoms with Crippen molar-refractivity contribution in [2.75, 3.05) is 5.73 Å². The molecule has 0 radical (unpaired) electrons. The molecule has 2 heterocycles. The number of nitrogens with zero attached hydrogens (tertiary/aromatic N) is 2. The molecule has 56 valence electrons. The van der Waals surface area contributed by atoms with Crippen molar-refractivity contribution >= 4 is 11.5 Å². The van der Waals surface area contributed by atoms with Crippen molar-refractivity contribution in [1.82, 2.24) is 14.4 Å². The van der Waals surface area contributed by atoms with Gasteiger partial charge in [0.2, 0.25) is 0 Å². The maximum absolute atomic E-state index is 11.0. The molecule has 0 atom stereocenters. The third-order valence-corrected chi connectivity index (χ3v) is 1.42. The molecule has 0 saturated carbocycles. The number of aromatic amines is 1. The number of nitrogens with two attached hydrogens (primary N) is 1. The molecule has 2 aromatic heterocycles. The Balaban J connectivity index is 3.02. The van der Waals surface area contributed by atoms with Crippen LogP contribution in [0.3, 0.4) is 0 Å². The van der Waals surface area contributed by atoms with Gasteiger partial charge in [0.1, 0.15) is 11.5 Å². The minimum absolute atomic E-state index is 0.266. The van der Waals surface area contributed by atoms with Gasteiger partial charge in [-0.05, 0) is 0 Å². The van der Waals surface area contributed by atoms with Crippen LogP contribution >= 0.6 is 0 Å². The SMILES string of the molecule is Nc1cc2nccn2c(=O)[nH]1. The van der Waals surface area contributed by atoms with Gasteiger partial charge >= 0.3 is 5.69 Å². The van der Waals surface area contributed by atoms with Crippen molar-refractivity contribution < 1.29 is 0 Å². The summed E-state index contributed by atoms with van der Waals surface area (Å²) in [7, 11) is 0. The molecule has 0 fully saturated rings. The Bertz CT molecular complexity index is 441. The highest BCUT2D eigenvalue weighted by Crippen LogP contribution is 1.98. The Morgan fingerprint density at radius 1 is 1.64 bits per heavy atom. The zero-order valence-electron chi connectivity index (χ0n) is 5.61. The number of fused-ring (bicyclic) bond motifs is 1. The summed E-state index contributed by atoms with van der Waals surface area (Å²) in [4.78, 5) is 17.4. The van der Waals surface area contributed by atoms with Crippen molar-refractivity contribution in [3.05, 3.63) is 28.9 Å². The van der Waals surface area contributed by atoms with E-state index in [1.165, 1.54) is 4.40 Å². The Labute approximate surface area is 61.5 Å². The first-order valence-corrected chi connectivity index (χ1v) is 3.09. The molecule has 0 bridgehead atoms. The highest BCUT2D eigenvalue weighted by Gasteiger charge is 1.96. The maximum Gasteiger partial charge on any atom is 0.332 e. The largest absolute Gasteiger partial charge is 0.385 e. The first-order chi connectivity index (χ1) is 5.27. The summed E-state index contributed by atoms with van der Waals surface area (Å²) in [5.74, 6) is 0.328. The zero-order chi connectivity index (χ0) is 7.84. The summed E-state index contributed by atoms with van der Waals surface area (Å²) >= 11 is 0. The summed E-state index contributed by atoms with van der Waals surface area (Å²) in [6.45, 7) is 0. The van der Waals surface area contributed by atoms with Gasteiger partial charge in [-0.15, -0.1) is 0 Å². The van der Waals surface area contributed by atoms with Gasteiger partial charge in [-0.2, -0.15) is 0 Å². The van der Waals surface area contributed by atoms with E-state index in [0.29, 0.717) is 11.5 Å². The molecule has 11 heavy (non-hydrogen) atoms. The van der Waals surface area contributed by atoms with Crippen LogP contribution in [0.1, 0.15) is 0 Å². The Morgan fingerprint density at radius 3 is 3.27 bits per heavy atom. The lowest BCUT2D eigenvalue weighted by atomic mass is 10.6. The number of anilines is 1. The van der Waals surface area contributed by atoms with E-state index in [4.69, 9.17) is 5.73 Å². The van der Waals surface area contributed by atoms with Crippen LogP contribution < -0.4 is 11.4 Å². The molecule has 0 aliphatic heterocycles. The summed E-state index contributed by atoms with van der Waals surface area (Å²) in [5.41, 5.74) is 5.67. The highest BCUT2D eigenvalue weighted by atomic mass is 16.1. The van der Waals surface area contributed by atoms with Crippen molar-refractivity contribution in [3.8, 4) is 0 Å². The molecule has 0 aliphatic rings. The molecule has 2 rings (SSSR count). The molecule has 5 nitrogen and oxygen atoms in total. The topological polar surface area (TPSA) is 76.2 Å². The van der Waals surface area contributed by atoms with Gasteiger partial charge in [0.05, 0.1) is 0 Å². The van der Waals surface area contributed by atoms with Gasteiger partial charge in [0.25, 0.3) is 0 Å². The van der Waals surface area contributed by atoms with E-state index in [0.717, 1.165) is 0 Å². The number of hydrogen-bond donors (Lipinski definition) is 2. The van der Waals surface area contributed by atoms with Crippen molar-refractivity contribution in [3.63, 3.8) is 0 Å².